The second kappa shape index (κ2) is 5.02. The lowest BCUT2D eigenvalue weighted by Gasteiger charge is -1.87. The van der Waals surface area contributed by atoms with E-state index in [0.29, 0.717) is 12.7 Å². The molecule has 0 saturated heterocycles. The van der Waals surface area contributed by atoms with Crippen molar-refractivity contribution < 1.29 is 4.57 Å². The molecule has 1 aromatic rings. The van der Waals surface area contributed by atoms with Gasteiger partial charge in [0.25, 0.3) is 0 Å². The third-order valence-corrected chi connectivity index (χ3v) is 3.21. The molecule has 3 heteroatoms. The molecule has 0 aromatic heterocycles. The van der Waals surface area contributed by atoms with Crippen molar-refractivity contribution in [1.29, 1.82) is 0 Å². The first-order chi connectivity index (χ1) is 5.84. The van der Waals surface area contributed by atoms with Crippen LogP contribution in [0.4, 0.5) is 0 Å². The molecule has 0 heterocycles. The highest BCUT2D eigenvalue weighted by Gasteiger charge is 2.16. The molecule has 0 aliphatic rings. The van der Waals surface area contributed by atoms with Crippen molar-refractivity contribution in [1.82, 2.24) is 0 Å². The fraction of sp³-hybridized carbons (Fsp3) is 0.333. The molecule has 0 bridgehead atoms. The van der Waals surface area contributed by atoms with E-state index in [4.69, 9.17) is 5.73 Å². The zero-order valence-electron chi connectivity index (χ0n) is 6.94. The maximum absolute atomic E-state index is 11.5. The van der Waals surface area contributed by atoms with Crippen molar-refractivity contribution in [3.05, 3.63) is 30.3 Å². The lowest BCUT2D eigenvalue weighted by molar-refractivity contribution is 0.592. The zero-order valence-corrected chi connectivity index (χ0v) is 7.84. The smallest absolute Gasteiger partial charge is 0.330 e. The van der Waals surface area contributed by atoms with Gasteiger partial charge in [-0.1, -0.05) is 22.8 Å². The fourth-order valence-electron chi connectivity index (χ4n) is 0.958. The fourth-order valence-corrected chi connectivity index (χ4v) is 2.19. The Morgan fingerprint density at radius 3 is 2.50 bits per heavy atom. The normalized spacial score (nSPS) is 11.2. The third-order valence-electron chi connectivity index (χ3n) is 1.61. The largest absolute Gasteiger partial charge is 0.376 e. The lowest BCUT2D eigenvalue weighted by Crippen LogP contribution is -2.03. The van der Waals surface area contributed by atoms with Gasteiger partial charge in [-0.2, -0.15) is 0 Å². The van der Waals surface area contributed by atoms with Gasteiger partial charge in [-0.05, 0) is 18.7 Å². The second-order valence-electron chi connectivity index (χ2n) is 2.58. The van der Waals surface area contributed by atoms with E-state index in [1.54, 1.807) is 0 Å². The van der Waals surface area contributed by atoms with Gasteiger partial charge in [0.05, 0.1) is 0 Å². The summed E-state index contributed by atoms with van der Waals surface area (Å²) in [7, 11) is -1.21. The summed E-state index contributed by atoms with van der Waals surface area (Å²) >= 11 is 0. The van der Waals surface area contributed by atoms with Crippen LogP contribution in [0.2, 0.25) is 0 Å². The number of hydrogen-bond acceptors (Lipinski definition) is 2. The molecule has 0 radical (unpaired) electrons. The minimum atomic E-state index is -1.21. The van der Waals surface area contributed by atoms with Crippen LogP contribution in [0.25, 0.3) is 0 Å². The van der Waals surface area contributed by atoms with E-state index >= 15 is 0 Å². The molecule has 1 rings (SSSR count). The maximum Gasteiger partial charge on any atom is 0.376 e. The molecular formula is C9H13NOP+. The molecule has 64 valence electrons. The number of hydrogen-bond donors (Lipinski definition) is 1. The Morgan fingerprint density at radius 1 is 1.25 bits per heavy atom. The Bertz CT molecular complexity index is 248. The van der Waals surface area contributed by atoms with Crippen molar-refractivity contribution in [2.24, 2.45) is 5.73 Å². The van der Waals surface area contributed by atoms with Crippen molar-refractivity contribution in [2.75, 3.05) is 12.7 Å². The zero-order chi connectivity index (χ0) is 8.81. The van der Waals surface area contributed by atoms with Crippen LogP contribution in [-0.2, 0) is 4.57 Å². The first-order valence-corrected chi connectivity index (χ1v) is 5.49. The van der Waals surface area contributed by atoms with Gasteiger partial charge in [0, 0.05) is 6.42 Å². The molecule has 0 saturated carbocycles. The highest BCUT2D eigenvalue weighted by molar-refractivity contribution is 7.53. The predicted octanol–water partition coefficient (Wildman–Crippen LogP) is 1.49. The van der Waals surface area contributed by atoms with E-state index < -0.39 is 7.80 Å². The molecular weight excluding hydrogens is 169 g/mol. The molecule has 0 aliphatic heterocycles. The SMILES string of the molecule is NCCC[P+](=O)c1ccccc1. The summed E-state index contributed by atoms with van der Waals surface area (Å²) < 4.78 is 11.5. The van der Waals surface area contributed by atoms with Crippen LogP contribution in [0.5, 0.6) is 0 Å². The quantitative estimate of drug-likeness (QED) is 0.717. The summed E-state index contributed by atoms with van der Waals surface area (Å²) in [5, 5.41) is 0.931. The van der Waals surface area contributed by atoms with E-state index in [-0.39, 0.29) is 0 Å². The van der Waals surface area contributed by atoms with Gasteiger partial charge in [-0.25, -0.2) is 0 Å². The van der Waals surface area contributed by atoms with E-state index in [1.165, 1.54) is 0 Å². The van der Waals surface area contributed by atoms with Gasteiger partial charge in [0.15, 0.2) is 11.5 Å². The maximum atomic E-state index is 11.5. The van der Waals surface area contributed by atoms with Gasteiger partial charge < -0.3 is 5.73 Å². The van der Waals surface area contributed by atoms with Crippen LogP contribution in [0.1, 0.15) is 6.42 Å². The van der Waals surface area contributed by atoms with Crippen LogP contribution in [0.3, 0.4) is 0 Å². The van der Waals surface area contributed by atoms with Crippen LogP contribution in [-0.4, -0.2) is 12.7 Å². The molecule has 12 heavy (non-hydrogen) atoms. The highest BCUT2D eigenvalue weighted by Crippen LogP contribution is 2.19. The van der Waals surface area contributed by atoms with Crippen molar-refractivity contribution in [3.63, 3.8) is 0 Å². The first kappa shape index (κ1) is 9.37. The molecule has 2 N–H and O–H groups in total. The summed E-state index contributed by atoms with van der Waals surface area (Å²) in [6.45, 7) is 0.619. The van der Waals surface area contributed by atoms with E-state index in [1.807, 2.05) is 30.3 Å². The standard InChI is InChI=1S/C9H13NOP/c10-7-4-8-12(11)9-5-2-1-3-6-9/h1-3,5-6H,4,7-8,10H2/q+1. The predicted molar refractivity (Wildman–Crippen MR) is 52.2 cm³/mol. The molecule has 1 aromatic carbocycles. The van der Waals surface area contributed by atoms with Gasteiger partial charge >= 0.3 is 7.80 Å². The van der Waals surface area contributed by atoms with Crippen LogP contribution < -0.4 is 11.0 Å². The molecule has 1 unspecified atom stereocenters. The van der Waals surface area contributed by atoms with Gasteiger partial charge in [0.1, 0.15) is 0 Å². The van der Waals surface area contributed by atoms with Gasteiger partial charge in [0.2, 0.25) is 0 Å². The Hall–Kier alpha value is -0.720. The van der Waals surface area contributed by atoms with Gasteiger partial charge in [-0.15, -0.1) is 0 Å². The Kier molecular flexibility index (Phi) is 3.92. The molecule has 0 spiro atoms. The summed E-state index contributed by atoms with van der Waals surface area (Å²) in [6.07, 6.45) is 1.54. The molecule has 1 atom stereocenters. The first-order valence-electron chi connectivity index (χ1n) is 4.04. The van der Waals surface area contributed by atoms with E-state index in [2.05, 4.69) is 0 Å². The summed E-state index contributed by atoms with van der Waals surface area (Å²) in [5.74, 6) is 0. The number of nitrogens with two attached hydrogens (primary N) is 1. The van der Waals surface area contributed by atoms with Crippen LogP contribution in [0.15, 0.2) is 30.3 Å². The molecule has 0 fully saturated rings. The Labute approximate surface area is 73.6 Å². The van der Waals surface area contributed by atoms with Crippen molar-refractivity contribution >= 4 is 13.1 Å². The average Bonchev–Trinajstić information content (AvgIpc) is 2.15. The summed E-state index contributed by atoms with van der Waals surface area (Å²) in [6, 6.07) is 9.54. The van der Waals surface area contributed by atoms with Crippen LogP contribution >= 0.6 is 7.80 Å². The summed E-state index contributed by atoms with van der Waals surface area (Å²) in [5.41, 5.74) is 5.33. The molecule has 0 aliphatic carbocycles. The van der Waals surface area contributed by atoms with Crippen LogP contribution in [0, 0.1) is 0 Å². The second-order valence-corrected chi connectivity index (χ2v) is 4.30. The molecule has 0 amide bonds. The molecule has 2 nitrogen and oxygen atoms in total. The van der Waals surface area contributed by atoms with Crippen molar-refractivity contribution in [2.45, 2.75) is 6.42 Å². The number of rotatable bonds is 4. The van der Waals surface area contributed by atoms with Crippen molar-refractivity contribution in [3.8, 4) is 0 Å². The van der Waals surface area contributed by atoms with Gasteiger partial charge in [-0.3, -0.25) is 0 Å². The van der Waals surface area contributed by atoms with E-state index in [9.17, 15) is 4.57 Å². The number of benzene rings is 1. The Morgan fingerprint density at radius 2 is 1.92 bits per heavy atom. The monoisotopic (exact) mass is 182 g/mol. The Balaban J connectivity index is 2.54. The van der Waals surface area contributed by atoms with E-state index in [0.717, 1.165) is 11.7 Å². The summed E-state index contributed by atoms with van der Waals surface area (Å²) in [4.78, 5) is 0. The average molecular weight is 182 g/mol. The minimum absolute atomic E-state index is 0.619. The highest BCUT2D eigenvalue weighted by atomic mass is 31.1. The topological polar surface area (TPSA) is 43.1 Å². The third kappa shape index (κ3) is 2.72. The minimum Gasteiger partial charge on any atom is -0.330 e. The lowest BCUT2D eigenvalue weighted by atomic mass is 10.4.